The molecule has 166 valence electrons. The number of aromatic nitrogens is 1. The van der Waals surface area contributed by atoms with Crippen LogP contribution in [0, 0.1) is 0 Å². The summed E-state index contributed by atoms with van der Waals surface area (Å²) in [6.45, 7) is 3.34. The van der Waals surface area contributed by atoms with Crippen molar-refractivity contribution in [3.63, 3.8) is 0 Å². The van der Waals surface area contributed by atoms with E-state index in [0.29, 0.717) is 0 Å². The van der Waals surface area contributed by atoms with Crippen LogP contribution in [0.5, 0.6) is 11.5 Å². The summed E-state index contributed by atoms with van der Waals surface area (Å²) >= 11 is 0. The fraction of sp³-hybridized carbons (Fsp3) is 0.240. The molecule has 0 aliphatic rings. The van der Waals surface area contributed by atoms with Crippen molar-refractivity contribution in [1.82, 2.24) is 10.3 Å². The number of benzene rings is 2. The van der Waals surface area contributed by atoms with Crippen molar-refractivity contribution in [2.75, 3.05) is 7.11 Å². The monoisotopic (exact) mass is 434 g/mol. The predicted molar refractivity (Wildman–Crippen MR) is 120 cm³/mol. The van der Waals surface area contributed by atoms with E-state index in [9.17, 15) is 14.7 Å². The standard InChI is InChI=1S/C25H26N2O5/c1-16(27-24(29)22-23(28)20(31-3)14-15-26-22)25(30)32-17(2)21(18-10-6-4-7-11-18)19-12-8-5-9-13-19/h4-17,21,28H,1-3H3,(H,27,29). The van der Waals surface area contributed by atoms with Crippen LogP contribution in [-0.2, 0) is 9.53 Å². The molecule has 0 saturated heterocycles. The molecule has 2 aromatic carbocycles. The van der Waals surface area contributed by atoms with E-state index in [0.717, 1.165) is 11.1 Å². The molecule has 32 heavy (non-hydrogen) atoms. The highest BCUT2D eigenvalue weighted by atomic mass is 16.5. The van der Waals surface area contributed by atoms with Gasteiger partial charge in [0.1, 0.15) is 12.1 Å². The Kier molecular flexibility index (Phi) is 7.44. The van der Waals surface area contributed by atoms with E-state index in [-0.39, 0.29) is 17.4 Å². The molecule has 2 unspecified atom stereocenters. The summed E-state index contributed by atoms with van der Waals surface area (Å²) in [5, 5.41) is 12.6. The SMILES string of the molecule is COc1ccnc(C(=O)NC(C)C(=O)OC(C)C(c2ccccc2)c2ccccc2)c1O. The molecule has 3 aromatic rings. The van der Waals surface area contributed by atoms with Gasteiger partial charge in [-0.3, -0.25) is 4.79 Å². The Morgan fingerprint density at radius 1 is 0.938 bits per heavy atom. The lowest BCUT2D eigenvalue weighted by Crippen LogP contribution is -2.41. The summed E-state index contributed by atoms with van der Waals surface area (Å²) < 4.78 is 10.7. The molecule has 1 amide bonds. The van der Waals surface area contributed by atoms with Gasteiger partial charge in [-0.15, -0.1) is 0 Å². The van der Waals surface area contributed by atoms with Crippen LogP contribution in [0.3, 0.4) is 0 Å². The highest BCUT2D eigenvalue weighted by Gasteiger charge is 2.28. The minimum Gasteiger partial charge on any atom is -0.503 e. The molecule has 7 nitrogen and oxygen atoms in total. The van der Waals surface area contributed by atoms with Crippen LogP contribution in [0.15, 0.2) is 72.9 Å². The first-order valence-corrected chi connectivity index (χ1v) is 10.3. The molecule has 0 aliphatic heterocycles. The number of carbonyl (C=O) groups is 2. The van der Waals surface area contributed by atoms with Crippen LogP contribution >= 0.6 is 0 Å². The molecule has 1 aromatic heterocycles. The minimum absolute atomic E-state index is 0.113. The number of methoxy groups -OCH3 is 1. The number of ether oxygens (including phenoxy) is 2. The third-order valence-corrected chi connectivity index (χ3v) is 5.11. The lowest BCUT2D eigenvalue weighted by Gasteiger charge is -2.26. The Morgan fingerprint density at radius 2 is 1.50 bits per heavy atom. The largest absolute Gasteiger partial charge is 0.503 e. The molecule has 7 heteroatoms. The first-order valence-electron chi connectivity index (χ1n) is 10.3. The molecule has 1 heterocycles. The highest BCUT2D eigenvalue weighted by Crippen LogP contribution is 2.30. The summed E-state index contributed by atoms with van der Waals surface area (Å²) in [5.41, 5.74) is 1.80. The average molecular weight is 434 g/mol. The fourth-order valence-electron chi connectivity index (χ4n) is 3.50. The first kappa shape index (κ1) is 22.8. The van der Waals surface area contributed by atoms with E-state index < -0.39 is 29.8 Å². The molecule has 2 atom stereocenters. The zero-order chi connectivity index (χ0) is 23.1. The summed E-state index contributed by atoms with van der Waals surface area (Å²) in [6.07, 6.45) is 0.845. The zero-order valence-electron chi connectivity index (χ0n) is 18.2. The van der Waals surface area contributed by atoms with Crippen LogP contribution in [0.4, 0.5) is 0 Å². The maximum absolute atomic E-state index is 12.8. The van der Waals surface area contributed by atoms with Crippen molar-refractivity contribution in [3.05, 3.63) is 89.7 Å². The van der Waals surface area contributed by atoms with Gasteiger partial charge in [-0.25, -0.2) is 9.78 Å². The van der Waals surface area contributed by atoms with E-state index in [1.54, 1.807) is 0 Å². The quantitative estimate of drug-likeness (QED) is 0.525. The van der Waals surface area contributed by atoms with E-state index in [2.05, 4.69) is 10.3 Å². The van der Waals surface area contributed by atoms with E-state index in [1.165, 1.54) is 26.3 Å². The van der Waals surface area contributed by atoms with Gasteiger partial charge in [0, 0.05) is 18.2 Å². The minimum atomic E-state index is -0.954. The Balaban J connectivity index is 1.72. The van der Waals surface area contributed by atoms with Crippen LogP contribution < -0.4 is 10.1 Å². The van der Waals surface area contributed by atoms with Gasteiger partial charge in [0.2, 0.25) is 0 Å². The Bertz CT molecular complexity index is 1020. The van der Waals surface area contributed by atoms with Gasteiger partial charge >= 0.3 is 5.97 Å². The van der Waals surface area contributed by atoms with E-state index >= 15 is 0 Å². The highest BCUT2D eigenvalue weighted by molar-refractivity contribution is 5.97. The molecule has 0 spiro atoms. The van der Waals surface area contributed by atoms with Crippen LogP contribution in [0.2, 0.25) is 0 Å². The second kappa shape index (κ2) is 10.4. The van der Waals surface area contributed by atoms with Gasteiger partial charge in [-0.2, -0.15) is 0 Å². The topological polar surface area (TPSA) is 97.8 Å². The molecule has 0 radical (unpaired) electrons. The number of aromatic hydroxyl groups is 1. The number of esters is 1. The molecular formula is C25H26N2O5. The molecule has 0 saturated carbocycles. The van der Waals surface area contributed by atoms with Crippen molar-refractivity contribution >= 4 is 11.9 Å². The molecule has 3 rings (SSSR count). The maximum atomic E-state index is 12.8. The van der Waals surface area contributed by atoms with E-state index in [1.807, 2.05) is 67.6 Å². The number of pyridine rings is 1. The van der Waals surface area contributed by atoms with Crippen LogP contribution in [0.1, 0.15) is 41.4 Å². The molecule has 0 fully saturated rings. The van der Waals surface area contributed by atoms with E-state index in [4.69, 9.17) is 9.47 Å². The van der Waals surface area contributed by atoms with Gasteiger partial charge in [-0.1, -0.05) is 60.7 Å². The van der Waals surface area contributed by atoms with Crippen molar-refractivity contribution in [2.24, 2.45) is 0 Å². The number of carbonyl (C=O) groups excluding carboxylic acids is 2. The number of nitrogens with zero attached hydrogens (tertiary/aromatic N) is 1. The zero-order valence-corrected chi connectivity index (χ0v) is 18.2. The summed E-state index contributed by atoms with van der Waals surface area (Å²) in [6, 6.07) is 20.1. The summed E-state index contributed by atoms with van der Waals surface area (Å²) in [7, 11) is 1.37. The maximum Gasteiger partial charge on any atom is 0.328 e. The van der Waals surface area contributed by atoms with Crippen molar-refractivity contribution < 1.29 is 24.2 Å². The van der Waals surface area contributed by atoms with Gasteiger partial charge in [-0.05, 0) is 25.0 Å². The van der Waals surface area contributed by atoms with Crippen LogP contribution in [-0.4, -0.2) is 41.2 Å². The fourth-order valence-corrected chi connectivity index (χ4v) is 3.50. The molecule has 2 N–H and O–H groups in total. The van der Waals surface area contributed by atoms with Gasteiger partial charge < -0.3 is 19.9 Å². The Morgan fingerprint density at radius 3 is 2.03 bits per heavy atom. The smallest absolute Gasteiger partial charge is 0.328 e. The van der Waals surface area contributed by atoms with Crippen LogP contribution in [0.25, 0.3) is 0 Å². The normalized spacial score (nSPS) is 12.6. The second-order valence-corrected chi connectivity index (χ2v) is 7.35. The molecule has 0 bridgehead atoms. The van der Waals surface area contributed by atoms with Crippen molar-refractivity contribution in [1.29, 1.82) is 0 Å². The van der Waals surface area contributed by atoms with Crippen molar-refractivity contribution in [2.45, 2.75) is 31.9 Å². The number of nitrogens with one attached hydrogen (secondary N) is 1. The predicted octanol–water partition coefficient (Wildman–Crippen LogP) is 3.68. The number of hydrogen-bond acceptors (Lipinski definition) is 6. The third kappa shape index (κ3) is 5.24. The number of rotatable bonds is 8. The van der Waals surface area contributed by atoms with Gasteiger partial charge in [0.25, 0.3) is 5.91 Å². The lowest BCUT2D eigenvalue weighted by atomic mass is 9.87. The van der Waals surface area contributed by atoms with Gasteiger partial charge in [0.15, 0.2) is 17.2 Å². The van der Waals surface area contributed by atoms with Crippen molar-refractivity contribution in [3.8, 4) is 11.5 Å². The number of amides is 1. The Hall–Kier alpha value is -3.87. The summed E-state index contributed by atoms with van der Waals surface area (Å²) in [4.78, 5) is 29.1. The van der Waals surface area contributed by atoms with Gasteiger partial charge in [0.05, 0.1) is 7.11 Å². The first-order chi connectivity index (χ1) is 15.4. The number of hydrogen-bond donors (Lipinski definition) is 2. The molecule has 0 aliphatic carbocycles. The average Bonchev–Trinajstić information content (AvgIpc) is 2.80. The summed E-state index contributed by atoms with van der Waals surface area (Å²) in [5.74, 6) is -1.75. The molecular weight excluding hydrogens is 408 g/mol. The third-order valence-electron chi connectivity index (χ3n) is 5.11. The Labute approximate surface area is 187 Å². The second-order valence-electron chi connectivity index (χ2n) is 7.35. The lowest BCUT2D eigenvalue weighted by molar-refractivity contribution is -0.150.